The number of aromatic nitrogens is 2. The van der Waals surface area contributed by atoms with Crippen LogP contribution in [0.1, 0.15) is 35.4 Å². The lowest BCUT2D eigenvalue weighted by Gasteiger charge is -2.35. The summed E-state index contributed by atoms with van der Waals surface area (Å²) in [4.78, 5) is 32.2. The molecular formula is C19H25N5O4. The third kappa shape index (κ3) is 4.24. The number of aryl methyl sites for hydroxylation is 1. The van der Waals surface area contributed by atoms with Crippen molar-refractivity contribution in [3.8, 4) is 5.75 Å². The molecule has 1 aliphatic rings. The molecule has 150 valence electrons. The third-order valence-electron chi connectivity index (χ3n) is 4.66. The predicted molar refractivity (Wildman–Crippen MR) is 102 cm³/mol. The van der Waals surface area contributed by atoms with Gasteiger partial charge in [-0.1, -0.05) is 12.1 Å². The number of hydrogen-bond donors (Lipinski definition) is 1. The van der Waals surface area contributed by atoms with E-state index in [1.54, 1.807) is 32.3 Å². The second-order valence-corrected chi connectivity index (χ2v) is 6.90. The van der Waals surface area contributed by atoms with E-state index in [2.05, 4.69) is 15.5 Å². The number of amides is 2. The molecule has 1 aromatic heterocycles. The van der Waals surface area contributed by atoms with E-state index in [4.69, 9.17) is 9.26 Å². The van der Waals surface area contributed by atoms with Crippen molar-refractivity contribution >= 4 is 17.5 Å². The van der Waals surface area contributed by atoms with Gasteiger partial charge in [0, 0.05) is 33.1 Å². The van der Waals surface area contributed by atoms with E-state index in [9.17, 15) is 9.59 Å². The summed E-state index contributed by atoms with van der Waals surface area (Å²) < 4.78 is 10.9. The lowest BCUT2D eigenvalue weighted by atomic mass is 10.1. The summed E-state index contributed by atoms with van der Waals surface area (Å²) >= 11 is 0. The maximum atomic E-state index is 12.3. The maximum absolute atomic E-state index is 12.3. The Morgan fingerprint density at radius 3 is 2.82 bits per heavy atom. The molecule has 0 radical (unpaired) electrons. The molecule has 2 amide bonds. The van der Waals surface area contributed by atoms with E-state index in [-0.39, 0.29) is 30.8 Å². The average Bonchev–Trinajstić information content (AvgIpc) is 3.16. The van der Waals surface area contributed by atoms with Gasteiger partial charge in [-0.05, 0) is 18.2 Å². The predicted octanol–water partition coefficient (Wildman–Crippen LogP) is 1.24. The van der Waals surface area contributed by atoms with Crippen molar-refractivity contribution in [2.45, 2.75) is 32.4 Å². The Morgan fingerprint density at radius 2 is 2.14 bits per heavy atom. The molecule has 1 unspecified atom stereocenters. The summed E-state index contributed by atoms with van der Waals surface area (Å²) in [5.41, 5.74) is 1.37. The number of nitrogens with zero attached hydrogens (tertiary/aromatic N) is 4. The first kappa shape index (κ1) is 19.7. The van der Waals surface area contributed by atoms with Gasteiger partial charge in [0.15, 0.2) is 5.82 Å². The van der Waals surface area contributed by atoms with Gasteiger partial charge >= 0.3 is 0 Å². The average molecular weight is 387 g/mol. The zero-order valence-electron chi connectivity index (χ0n) is 16.6. The van der Waals surface area contributed by atoms with Gasteiger partial charge in [-0.15, -0.1) is 0 Å². The van der Waals surface area contributed by atoms with E-state index in [0.29, 0.717) is 36.1 Å². The third-order valence-corrected chi connectivity index (χ3v) is 4.66. The van der Waals surface area contributed by atoms with Crippen molar-refractivity contribution in [3.05, 3.63) is 35.5 Å². The van der Waals surface area contributed by atoms with Gasteiger partial charge in [0.1, 0.15) is 12.4 Å². The molecule has 0 aliphatic carbocycles. The summed E-state index contributed by atoms with van der Waals surface area (Å²) in [5, 5.41) is 6.60. The van der Waals surface area contributed by atoms with Gasteiger partial charge in [-0.25, -0.2) is 0 Å². The van der Waals surface area contributed by atoms with Crippen molar-refractivity contribution in [2.75, 3.05) is 32.6 Å². The molecule has 2 heterocycles. The summed E-state index contributed by atoms with van der Waals surface area (Å²) in [6.45, 7) is 2.51. The molecular weight excluding hydrogens is 362 g/mol. The van der Waals surface area contributed by atoms with E-state index in [1.807, 2.05) is 18.9 Å². The van der Waals surface area contributed by atoms with Gasteiger partial charge in [0.2, 0.25) is 11.8 Å². The number of likely N-dealkylation sites (N-methyl/N-ethyl adjacent to an activating group) is 1. The molecule has 1 atom stereocenters. The summed E-state index contributed by atoms with van der Waals surface area (Å²) in [7, 11) is 5.32. The lowest BCUT2D eigenvalue weighted by molar-refractivity contribution is -0.121. The Kier molecular flexibility index (Phi) is 5.81. The highest BCUT2D eigenvalue weighted by Crippen LogP contribution is 2.34. The largest absolute Gasteiger partial charge is 0.489 e. The molecule has 0 bridgehead atoms. The fourth-order valence-electron chi connectivity index (χ4n) is 2.96. The van der Waals surface area contributed by atoms with Crippen LogP contribution in [0.2, 0.25) is 0 Å². The lowest BCUT2D eigenvalue weighted by Crippen LogP contribution is -2.43. The van der Waals surface area contributed by atoms with Crippen molar-refractivity contribution in [1.29, 1.82) is 0 Å². The highest BCUT2D eigenvalue weighted by atomic mass is 16.5. The number of fused-ring (bicyclic) bond motifs is 1. The molecule has 1 N–H and O–H groups in total. The van der Waals surface area contributed by atoms with E-state index in [1.165, 1.54) is 4.90 Å². The van der Waals surface area contributed by atoms with E-state index < -0.39 is 0 Å². The maximum Gasteiger partial charge on any atom is 0.253 e. The first-order valence-electron chi connectivity index (χ1n) is 9.18. The Hall–Kier alpha value is -3.10. The minimum absolute atomic E-state index is 0.0814. The smallest absolute Gasteiger partial charge is 0.253 e. The number of nitrogens with one attached hydrogen (secondary N) is 1. The molecule has 0 saturated carbocycles. The summed E-state index contributed by atoms with van der Waals surface area (Å²) in [5.74, 6) is 1.48. The normalized spacial score (nSPS) is 15.6. The van der Waals surface area contributed by atoms with Crippen LogP contribution in [0.3, 0.4) is 0 Å². The number of hydrogen-bond acceptors (Lipinski definition) is 7. The SMILES string of the molecule is CCc1noc(CNC(=O)CC2COc3ccc(C(=O)N(C)C)cc3N2C)n1. The van der Waals surface area contributed by atoms with Crippen molar-refractivity contribution in [2.24, 2.45) is 0 Å². The quantitative estimate of drug-likeness (QED) is 0.796. The molecule has 1 aliphatic heterocycles. The number of anilines is 1. The fourth-order valence-corrected chi connectivity index (χ4v) is 2.96. The molecule has 9 heteroatoms. The molecule has 0 fully saturated rings. The van der Waals surface area contributed by atoms with Crippen LogP contribution in [0.5, 0.6) is 5.75 Å². The fraction of sp³-hybridized carbons (Fsp3) is 0.474. The highest BCUT2D eigenvalue weighted by Gasteiger charge is 2.28. The van der Waals surface area contributed by atoms with Gasteiger partial charge in [-0.2, -0.15) is 4.98 Å². The molecule has 0 saturated heterocycles. The number of benzene rings is 1. The van der Waals surface area contributed by atoms with E-state index >= 15 is 0 Å². The number of ether oxygens (including phenoxy) is 1. The number of carbonyl (C=O) groups excluding carboxylic acids is 2. The summed E-state index contributed by atoms with van der Waals surface area (Å²) in [6, 6.07) is 5.19. The summed E-state index contributed by atoms with van der Waals surface area (Å²) in [6.07, 6.45) is 0.927. The Balaban J connectivity index is 1.62. The van der Waals surface area contributed by atoms with E-state index in [0.717, 1.165) is 5.69 Å². The van der Waals surface area contributed by atoms with Crippen LogP contribution < -0.4 is 15.0 Å². The Bertz CT molecular complexity index is 864. The van der Waals surface area contributed by atoms with Crippen LogP contribution in [-0.2, 0) is 17.8 Å². The van der Waals surface area contributed by atoms with Crippen molar-refractivity contribution in [3.63, 3.8) is 0 Å². The molecule has 1 aromatic carbocycles. The first-order valence-corrected chi connectivity index (χ1v) is 9.18. The molecule has 0 spiro atoms. The zero-order valence-corrected chi connectivity index (χ0v) is 16.6. The minimum atomic E-state index is -0.147. The Morgan fingerprint density at radius 1 is 1.36 bits per heavy atom. The molecule has 9 nitrogen and oxygen atoms in total. The topological polar surface area (TPSA) is 101 Å². The van der Waals surface area contributed by atoms with Crippen LogP contribution in [0.4, 0.5) is 5.69 Å². The standard InChI is InChI=1S/C19H25N5O4/c1-5-16-21-18(28-22-16)10-20-17(25)9-13-11-27-15-7-6-12(19(26)23(2)3)8-14(15)24(13)4/h6-8,13H,5,9-11H2,1-4H3,(H,20,25). The van der Waals surface area contributed by atoms with Gasteiger partial charge in [0.25, 0.3) is 5.91 Å². The first-order chi connectivity index (χ1) is 13.4. The van der Waals surface area contributed by atoms with Crippen molar-refractivity contribution in [1.82, 2.24) is 20.4 Å². The number of carbonyl (C=O) groups is 2. The van der Waals surface area contributed by atoms with Crippen molar-refractivity contribution < 1.29 is 18.8 Å². The van der Waals surface area contributed by atoms with Crippen LogP contribution >= 0.6 is 0 Å². The van der Waals surface area contributed by atoms with Gasteiger partial charge < -0.3 is 24.4 Å². The monoisotopic (exact) mass is 387 g/mol. The van der Waals surface area contributed by atoms with Gasteiger partial charge in [0.05, 0.1) is 24.7 Å². The molecule has 3 rings (SSSR count). The minimum Gasteiger partial charge on any atom is -0.489 e. The Labute approximate surface area is 163 Å². The zero-order chi connectivity index (χ0) is 20.3. The van der Waals surface area contributed by atoms with Crippen LogP contribution in [-0.4, -0.2) is 60.6 Å². The van der Waals surface area contributed by atoms with Crippen LogP contribution in [0.15, 0.2) is 22.7 Å². The second kappa shape index (κ2) is 8.28. The van der Waals surface area contributed by atoms with Gasteiger partial charge in [-0.3, -0.25) is 9.59 Å². The number of rotatable bonds is 6. The van der Waals surface area contributed by atoms with Crippen LogP contribution in [0.25, 0.3) is 0 Å². The molecule has 2 aromatic rings. The molecule has 28 heavy (non-hydrogen) atoms. The highest BCUT2D eigenvalue weighted by molar-refractivity contribution is 5.95. The second-order valence-electron chi connectivity index (χ2n) is 6.90. The van der Waals surface area contributed by atoms with Crippen LogP contribution in [0, 0.1) is 0 Å².